The molecule has 0 aliphatic carbocycles. The Kier molecular flexibility index (Phi) is 3.77. The number of hydrogen-bond donors (Lipinski definition) is 2. The SMILES string of the molecule is CC(C)COc1ccc(S(N)(=O)=O)cc1N. The standard InChI is InChI=1S/C10H16N2O3S/c1-7(2)6-15-10-4-3-8(5-9(10)11)16(12,13)14/h3-5,7H,6,11H2,1-2H3,(H2,12,13,14). The monoisotopic (exact) mass is 244 g/mol. The fourth-order valence-corrected chi connectivity index (χ4v) is 1.64. The van der Waals surface area contributed by atoms with E-state index < -0.39 is 10.0 Å². The fourth-order valence-electron chi connectivity index (χ4n) is 1.09. The van der Waals surface area contributed by atoms with E-state index in [-0.39, 0.29) is 10.6 Å². The molecular formula is C10H16N2O3S. The summed E-state index contributed by atoms with van der Waals surface area (Å²) < 4.78 is 27.5. The average Bonchev–Trinajstić information content (AvgIpc) is 2.14. The summed E-state index contributed by atoms with van der Waals surface area (Å²) >= 11 is 0. The van der Waals surface area contributed by atoms with E-state index in [4.69, 9.17) is 15.6 Å². The highest BCUT2D eigenvalue weighted by Crippen LogP contribution is 2.24. The number of nitrogens with two attached hydrogens (primary N) is 2. The van der Waals surface area contributed by atoms with Crippen molar-refractivity contribution in [1.29, 1.82) is 0 Å². The van der Waals surface area contributed by atoms with Gasteiger partial charge in [0.1, 0.15) is 5.75 Å². The number of hydrogen-bond acceptors (Lipinski definition) is 4. The topological polar surface area (TPSA) is 95.4 Å². The van der Waals surface area contributed by atoms with Crippen molar-refractivity contribution < 1.29 is 13.2 Å². The first-order valence-corrected chi connectivity index (χ1v) is 6.40. The third-order valence-corrected chi connectivity index (χ3v) is 2.79. The van der Waals surface area contributed by atoms with E-state index in [0.717, 1.165) is 0 Å². The van der Waals surface area contributed by atoms with Crippen molar-refractivity contribution in [3.05, 3.63) is 18.2 Å². The highest BCUT2D eigenvalue weighted by Gasteiger charge is 2.10. The fraction of sp³-hybridized carbons (Fsp3) is 0.400. The Morgan fingerprint density at radius 1 is 1.38 bits per heavy atom. The number of ether oxygens (including phenoxy) is 1. The molecule has 0 heterocycles. The van der Waals surface area contributed by atoms with Gasteiger partial charge in [-0.05, 0) is 24.1 Å². The minimum absolute atomic E-state index is 0.0121. The summed E-state index contributed by atoms with van der Waals surface area (Å²) in [5, 5.41) is 4.97. The minimum Gasteiger partial charge on any atom is -0.491 e. The first-order chi connectivity index (χ1) is 7.30. The Morgan fingerprint density at radius 3 is 2.44 bits per heavy atom. The number of sulfonamides is 1. The molecular weight excluding hydrogens is 228 g/mol. The largest absolute Gasteiger partial charge is 0.491 e. The van der Waals surface area contributed by atoms with Gasteiger partial charge in [-0.25, -0.2) is 13.6 Å². The van der Waals surface area contributed by atoms with Crippen molar-refractivity contribution in [2.75, 3.05) is 12.3 Å². The average molecular weight is 244 g/mol. The summed E-state index contributed by atoms with van der Waals surface area (Å²) in [6, 6.07) is 4.18. The van der Waals surface area contributed by atoms with Crippen LogP contribution in [-0.2, 0) is 10.0 Å². The first-order valence-electron chi connectivity index (χ1n) is 4.86. The number of rotatable bonds is 4. The van der Waals surface area contributed by atoms with Crippen LogP contribution in [0.15, 0.2) is 23.1 Å². The van der Waals surface area contributed by atoms with Gasteiger partial charge in [0, 0.05) is 0 Å². The van der Waals surface area contributed by atoms with E-state index in [0.29, 0.717) is 18.3 Å². The van der Waals surface area contributed by atoms with E-state index in [1.807, 2.05) is 13.8 Å². The molecule has 0 fully saturated rings. The molecule has 0 spiro atoms. The molecule has 0 aromatic heterocycles. The molecule has 0 saturated heterocycles. The molecule has 6 heteroatoms. The van der Waals surface area contributed by atoms with Crippen molar-refractivity contribution in [3.63, 3.8) is 0 Å². The highest BCUT2D eigenvalue weighted by atomic mass is 32.2. The van der Waals surface area contributed by atoms with E-state index in [1.165, 1.54) is 18.2 Å². The molecule has 0 amide bonds. The third-order valence-electron chi connectivity index (χ3n) is 1.88. The summed E-state index contributed by atoms with van der Waals surface area (Å²) in [5.74, 6) is 0.846. The Bertz CT molecular complexity index is 469. The number of benzene rings is 1. The van der Waals surface area contributed by atoms with Crippen LogP contribution in [0.1, 0.15) is 13.8 Å². The maximum atomic E-state index is 11.0. The molecule has 0 unspecified atom stereocenters. The smallest absolute Gasteiger partial charge is 0.238 e. The highest BCUT2D eigenvalue weighted by molar-refractivity contribution is 7.89. The van der Waals surface area contributed by atoms with Gasteiger partial charge in [0.15, 0.2) is 0 Å². The van der Waals surface area contributed by atoms with Crippen LogP contribution in [0.25, 0.3) is 0 Å². The molecule has 90 valence electrons. The van der Waals surface area contributed by atoms with Gasteiger partial charge in [0.2, 0.25) is 10.0 Å². The zero-order valence-corrected chi connectivity index (χ0v) is 10.1. The predicted octanol–water partition coefficient (Wildman–Crippen LogP) is 0.951. The summed E-state index contributed by atoms with van der Waals surface area (Å²) in [6.07, 6.45) is 0. The maximum Gasteiger partial charge on any atom is 0.238 e. The normalized spacial score (nSPS) is 11.8. The second kappa shape index (κ2) is 4.71. The predicted molar refractivity (Wildman–Crippen MR) is 62.6 cm³/mol. The van der Waals surface area contributed by atoms with E-state index in [2.05, 4.69) is 0 Å². The first kappa shape index (κ1) is 12.8. The summed E-state index contributed by atoms with van der Waals surface area (Å²) in [5.41, 5.74) is 5.93. The molecule has 1 aromatic carbocycles. The Hall–Kier alpha value is -1.27. The molecule has 0 radical (unpaired) electrons. The van der Waals surface area contributed by atoms with E-state index in [9.17, 15) is 8.42 Å². The summed E-state index contributed by atoms with van der Waals surface area (Å²) in [4.78, 5) is -0.0121. The van der Waals surface area contributed by atoms with Gasteiger partial charge in [0.05, 0.1) is 17.2 Å². The number of primary sulfonamides is 1. The van der Waals surface area contributed by atoms with Crippen LogP contribution in [0.4, 0.5) is 5.69 Å². The van der Waals surface area contributed by atoms with Crippen molar-refractivity contribution >= 4 is 15.7 Å². The molecule has 5 nitrogen and oxygen atoms in total. The van der Waals surface area contributed by atoms with Crippen LogP contribution in [0.2, 0.25) is 0 Å². The quantitative estimate of drug-likeness (QED) is 0.771. The van der Waals surface area contributed by atoms with Crippen molar-refractivity contribution in [2.24, 2.45) is 11.1 Å². The molecule has 4 N–H and O–H groups in total. The summed E-state index contributed by atoms with van der Waals surface area (Å²) in [6.45, 7) is 4.54. The lowest BCUT2D eigenvalue weighted by Crippen LogP contribution is -2.13. The van der Waals surface area contributed by atoms with Gasteiger partial charge in [-0.2, -0.15) is 0 Å². The van der Waals surface area contributed by atoms with Crippen LogP contribution < -0.4 is 15.6 Å². The zero-order valence-electron chi connectivity index (χ0n) is 9.30. The Morgan fingerprint density at radius 2 is 2.00 bits per heavy atom. The molecule has 16 heavy (non-hydrogen) atoms. The second-order valence-corrected chi connectivity index (χ2v) is 5.51. The van der Waals surface area contributed by atoms with Crippen LogP contribution in [0.3, 0.4) is 0 Å². The molecule has 0 saturated carbocycles. The molecule has 0 bridgehead atoms. The maximum absolute atomic E-state index is 11.0. The third kappa shape index (κ3) is 3.39. The molecule has 0 atom stereocenters. The van der Waals surface area contributed by atoms with Gasteiger partial charge in [-0.3, -0.25) is 0 Å². The van der Waals surface area contributed by atoms with Gasteiger partial charge < -0.3 is 10.5 Å². The van der Waals surface area contributed by atoms with Crippen LogP contribution in [-0.4, -0.2) is 15.0 Å². The Balaban J connectivity index is 2.92. The van der Waals surface area contributed by atoms with Gasteiger partial charge in [0.25, 0.3) is 0 Å². The van der Waals surface area contributed by atoms with E-state index in [1.54, 1.807) is 0 Å². The lowest BCUT2D eigenvalue weighted by Gasteiger charge is -2.11. The van der Waals surface area contributed by atoms with Crippen LogP contribution in [0, 0.1) is 5.92 Å². The number of anilines is 1. The minimum atomic E-state index is -3.71. The summed E-state index contributed by atoms with van der Waals surface area (Å²) in [7, 11) is -3.71. The van der Waals surface area contributed by atoms with Crippen molar-refractivity contribution in [2.45, 2.75) is 18.7 Å². The van der Waals surface area contributed by atoms with Crippen LogP contribution in [0.5, 0.6) is 5.75 Å². The van der Waals surface area contributed by atoms with Gasteiger partial charge >= 0.3 is 0 Å². The molecule has 1 aromatic rings. The van der Waals surface area contributed by atoms with Gasteiger partial charge in [-0.15, -0.1) is 0 Å². The lowest BCUT2D eigenvalue weighted by atomic mass is 10.2. The molecule has 0 aliphatic rings. The molecule has 0 aliphatic heterocycles. The number of nitrogen functional groups attached to an aromatic ring is 1. The Labute approximate surface area is 95.4 Å². The molecule has 1 rings (SSSR count). The van der Waals surface area contributed by atoms with E-state index >= 15 is 0 Å². The van der Waals surface area contributed by atoms with Crippen molar-refractivity contribution in [3.8, 4) is 5.75 Å². The van der Waals surface area contributed by atoms with Crippen molar-refractivity contribution in [1.82, 2.24) is 0 Å². The lowest BCUT2D eigenvalue weighted by molar-refractivity contribution is 0.272. The van der Waals surface area contributed by atoms with Crippen LogP contribution >= 0.6 is 0 Å². The zero-order chi connectivity index (χ0) is 12.3. The second-order valence-electron chi connectivity index (χ2n) is 3.95. The van der Waals surface area contributed by atoms with Gasteiger partial charge in [-0.1, -0.05) is 13.8 Å².